The lowest BCUT2D eigenvalue weighted by Gasteiger charge is -2.42. The average Bonchev–Trinajstić information content (AvgIpc) is 3.70. The predicted octanol–water partition coefficient (Wildman–Crippen LogP) is 6.83. The third kappa shape index (κ3) is 8.33. The van der Waals surface area contributed by atoms with E-state index in [-0.39, 0.29) is 36.9 Å². The summed E-state index contributed by atoms with van der Waals surface area (Å²) in [6.45, 7) is 17.4. The van der Waals surface area contributed by atoms with Crippen LogP contribution in [0.3, 0.4) is 0 Å². The predicted molar refractivity (Wildman–Crippen MR) is 239 cm³/mol. The number of pyridine rings is 1. The van der Waals surface area contributed by atoms with E-state index >= 15 is 0 Å². The average molecular weight is 866 g/mol. The highest BCUT2D eigenvalue weighted by molar-refractivity contribution is 7.10. The van der Waals surface area contributed by atoms with E-state index in [1.807, 2.05) is 6.92 Å². The number of ether oxygens (including phenoxy) is 3. The molecule has 0 spiro atoms. The van der Waals surface area contributed by atoms with Gasteiger partial charge in [-0.2, -0.15) is 0 Å². The highest BCUT2D eigenvalue weighted by Gasteiger charge is 2.45. The van der Waals surface area contributed by atoms with Gasteiger partial charge in [-0.15, -0.1) is 11.3 Å². The summed E-state index contributed by atoms with van der Waals surface area (Å²) in [4.78, 5) is 54.7. The molecule has 5 aliphatic rings. The number of cyclic esters (lactones) is 1. The molecule has 4 aliphatic heterocycles. The van der Waals surface area contributed by atoms with Crippen LogP contribution in [0.1, 0.15) is 107 Å². The lowest BCUT2D eigenvalue weighted by atomic mass is 9.82. The van der Waals surface area contributed by atoms with Crippen LogP contribution in [0, 0.1) is 17.3 Å². The zero-order valence-corrected chi connectivity index (χ0v) is 38.2. The number of esters is 1. The van der Waals surface area contributed by atoms with E-state index in [0.717, 1.165) is 102 Å². The SMILES string of the molecule is CCn1c(-c2cc(C3CCN4CCOC[C@@H]4C3)cnc2[C@H](C)OC)c2c3cc(ccc31)-c1csc(n1)C[C@H](NC(=O)[C@H]1C[C@@H]1C)C(=O)N1CCC[C@@](C)(N1)C(=O)OCC(C)(C)C2. The number of thiazole rings is 1. The molecule has 62 heavy (non-hydrogen) atoms. The van der Waals surface area contributed by atoms with Crippen LogP contribution in [0.2, 0.25) is 0 Å². The largest absolute Gasteiger partial charge is 0.464 e. The summed E-state index contributed by atoms with van der Waals surface area (Å²) in [7, 11) is 1.74. The first-order chi connectivity index (χ1) is 29.8. The fourth-order valence-electron chi connectivity index (χ4n) is 10.3. The maximum atomic E-state index is 14.3. The molecule has 2 amide bonds. The summed E-state index contributed by atoms with van der Waals surface area (Å²) >= 11 is 1.50. The second-order valence-electron chi connectivity index (χ2n) is 19.5. The van der Waals surface area contributed by atoms with Crippen molar-refractivity contribution in [2.75, 3.05) is 46.6 Å². The summed E-state index contributed by atoms with van der Waals surface area (Å²) in [5, 5.41) is 8.51. The highest BCUT2D eigenvalue weighted by Crippen LogP contribution is 2.44. The highest BCUT2D eigenvalue weighted by atomic mass is 32.1. The summed E-state index contributed by atoms with van der Waals surface area (Å²) in [6, 6.07) is 8.54. The monoisotopic (exact) mass is 865 g/mol. The number of amides is 2. The second kappa shape index (κ2) is 17.1. The molecule has 332 valence electrons. The number of hydrogen-bond donors (Lipinski definition) is 2. The molecule has 14 heteroatoms. The number of methoxy groups -OCH3 is 1. The molecule has 4 fully saturated rings. The van der Waals surface area contributed by atoms with Crippen LogP contribution in [0.25, 0.3) is 33.4 Å². The molecular formula is C48H63N7O6S. The molecule has 3 aromatic heterocycles. The van der Waals surface area contributed by atoms with Crippen molar-refractivity contribution in [3.63, 3.8) is 0 Å². The van der Waals surface area contributed by atoms with E-state index in [0.29, 0.717) is 43.7 Å². The van der Waals surface area contributed by atoms with Gasteiger partial charge in [0.2, 0.25) is 5.91 Å². The smallest absolute Gasteiger partial charge is 0.327 e. The third-order valence-electron chi connectivity index (χ3n) is 14.3. The van der Waals surface area contributed by atoms with Crippen molar-refractivity contribution in [3.05, 3.63) is 57.7 Å². The minimum absolute atomic E-state index is 0.0984. The topological polar surface area (TPSA) is 140 Å². The molecule has 6 bridgehead atoms. The van der Waals surface area contributed by atoms with E-state index in [9.17, 15) is 14.4 Å². The number of nitrogens with zero attached hydrogens (tertiary/aromatic N) is 5. The lowest BCUT2D eigenvalue weighted by Crippen LogP contribution is -2.65. The van der Waals surface area contributed by atoms with E-state index < -0.39 is 23.0 Å². The van der Waals surface area contributed by atoms with Crippen LogP contribution in [0.4, 0.5) is 0 Å². The van der Waals surface area contributed by atoms with Crippen LogP contribution >= 0.6 is 11.3 Å². The lowest BCUT2D eigenvalue weighted by molar-refractivity contribution is -0.162. The molecule has 4 aromatic rings. The molecule has 9 rings (SSSR count). The van der Waals surface area contributed by atoms with Crippen LogP contribution in [-0.4, -0.2) is 106 Å². The Bertz CT molecular complexity index is 2360. The molecule has 1 saturated carbocycles. The summed E-state index contributed by atoms with van der Waals surface area (Å²) < 4.78 is 20.6. The van der Waals surface area contributed by atoms with Crippen LogP contribution < -0.4 is 10.7 Å². The summed E-state index contributed by atoms with van der Waals surface area (Å²) in [6.07, 6.45) is 6.72. The Hall–Kier alpha value is -4.21. The number of nitrogens with one attached hydrogen (secondary N) is 2. The van der Waals surface area contributed by atoms with Gasteiger partial charge in [-0.3, -0.25) is 24.5 Å². The number of fused-ring (bicyclic) bond motifs is 7. The minimum Gasteiger partial charge on any atom is -0.464 e. The standard InChI is InChI=1S/C48H63N7O6S/c1-8-54-40-11-10-31-20-35(40)37(43(54)36-21-32(24-49-42(36)29(3)59-7)30-12-15-53-16-17-60-25-33(53)19-30)23-47(4,5)27-61-46(58)48(6)13-9-14-55(52-48)45(57)38(22-41-50-39(31)26-62-41)51-44(56)34-18-28(34)2/h10-11,20-21,24,26,28-30,33-34,38,52H,8-9,12-19,22-23,25,27H2,1-7H3,(H,51,56)/t28-,29-,30?,33-,34-,38-,48+/m0/s1. The first-order valence-corrected chi connectivity index (χ1v) is 23.6. The van der Waals surface area contributed by atoms with Crippen molar-refractivity contribution in [1.29, 1.82) is 0 Å². The number of hydrogen-bond acceptors (Lipinski definition) is 11. The Kier molecular flexibility index (Phi) is 11.8. The van der Waals surface area contributed by atoms with Gasteiger partial charge in [0.15, 0.2) is 0 Å². The number of carbonyl (C=O) groups excluding carboxylic acids is 3. The first kappa shape index (κ1) is 43.1. The van der Waals surface area contributed by atoms with Crippen LogP contribution in [-0.2, 0) is 48.0 Å². The molecule has 2 N–H and O–H groups in total. The van der Waals surface area contributed by atoms with Crippen LogP contribution in [0.5, 0.6) is 0 Å². The molecule has 1 aliphatic carbocycles. The number of benzene rings is 1. The van der Waals surface area contributed by atoms with Crippen molar-refractivity contribution < 1.29 is 28.6 Å². The van der Waals surface area contributed by atoms with E-state index in [1.54, 1.807) is 7.11 Å². The first-order valence-electron chi connectivity index (χ1n) is 22.8. The number of morpholine rings is 1. The Morgan fingerprint density at radius 2 is 1.97 bits per heavy atom. The van der Waals surface area contributed by atoms with Crippen molar-refractivity contribution in [3.8, 4) is 22.5 Å². The molecule has 3 saturated heterocycles. The molecular weight excluding hydrogens is 803 g/mol. The maximum Gasteiger partial charge on any atom is 0.327 e. The second-order valence-corrected chi connectivity index (χ2v) is 20.5. The molecule has 1 aromatic carbocycles. The van der Waals surface area contributed by atoms with Gasteiger partial charge in [-0.1, -0.05) is 26.8 Å². The van der Waals surface area contributed by atoms with Gasteiger partial charge in [-0.05, 0) is 107 Å². The Balaban J connectivity index is 1.17. The maximum absolute atomic E-state index is 14.3. The van der Waals surface area contributed by atoms with Gasteiger partial charge in [0.05, 0.1) is 48.0 Å². The van der Waals surface area contributed by atoms with E-state index in [2.05, 4.69) is 90.7 Å². The van der Waals surface area contributed by atoms with Gasteiger partial charge >= 0.3 is 5.97 Å². The summed E-state index contributed by atoms with van der Waals surface area (Å²) in [5.41, 5.74) is 10.0. The number of piperidine rings is 1. The Morgan fingerprint density at radius 1 is 1.15 bits per heavy atom. The van der Waals surface area contributed by atoms with Gasteiger partial charge in [0.25, 0.3) is 5.91 Å². The minimum atomic E-state index is -1.13. The Labute approximate surface area is 369 Å². The van der Waals surface area contributed by atoms with E-state index in [4.69, 9.17) is 24.2 Å². The number of carbonyl (C=O) groups is 3. The van der Waals surface area contributed by atoms with Crippen LogP contribution in [0.15, 0.2) is 35.8 Å². The fourth-order valence-corrected chi connectivity index (χ4v) is 11.2. The normalized spacial score (nSPS) is 28.5. The van der Waals surface area contributed by atoms with Crippen molar-refractivity contribution in [2.45, 2.75) is 123 Å². The quantitative estimate of drug-likeness (QED) is 0.190. The van der Waals surface area contributed by atoms with Gasteiger partial charge < -0.3 is 24.1 Å². The van der Waals surface area contributed by atoms with Gasteiger partial charge in [0, 0.05) is 84.1 Å². The number of aromatic nitrogens is 3. The van der Waals surface area contributed by atoms with Crippen molar-refractivity contribution in [2.24, 2.45) is 17.3 Å². The molecule has 7 atom stereocenters. The van der Waals surface area contributed by atoms with Crippen molar-refractivity contribution >= 4 is 40.0 Å². The van der Waals surface area contributed by atoms with Crippen molar-refractivity contribution in [1.82, 2.24) is 35.2 Å². The molecule has 13 nitrogen and oxygen atoms in total. The zero-order valence-electron chi connectivity index (χ0n) is 37.4. The molecule has 1 unspecified atom stereocenters. The number of hydrazine groups is 1. The van der Waals surface area contributed by atoms with Gasteiger partial charge in [0.1, 0.15) is 11.6 Å². The molecule has 0 radical (unpaired) electrons. The summed E-state index contributed by atoms with van der Waals surface area (Å²) in [5.74, 6) is -0.241. The Morgan fingerprint density at radius 3 is 2.74 bits per heavy atom. The number of rotatable bonds is 7. The number of aryl methyl sites for hydroxylation is 1. The third-order valence-corrected chi connectivity index (χ3v) is 15.1. The van der Waals surface area contributed by atoms with Gasteiger partial charge in [-0.25, -0.2) is 15.2 Å². The zero-order chi connectivity index (χ0) is 43.5. The fraction of sp³-hybridized carbons (Fsp3) is 0.604. The molecule has 7 heterocycles. The van der Waals surface area contributed by atoms with E-state index in [1.165, 1.54) is 21.9 Å².